The van der Waals surface area contributed by atoms with Crippen molar-refractivity contribution in [2.75, 3.05) is 6.61 Å². The van der Waals surface area contributed by atoms with Crippen molar-refractivity contribution in [3.05, 3.63) is 36.0 Å². The van der Waals surface area contributed by atoms with Crippen molar-refractivity contribution in [1.29, 1.82) is 0 Å². The molecule has 106 valence electrons. The SMILES string of the molecule is C/C=C/C=C\CCCCC(=O)COC(=O)C=C(C)C. The Morgan fingerprint density at radius 1 is 1.11 bits per heavy atom. The second kappa shape index (κ2) is 11.5. The van der Waals surface area contributed by atoms with Crippen LogP contribution in [0.1, 0.15) is 46.5 Å². The Morgan fingerprint density at radius 2 is 1.84 bits per heavy atom. The van der Waals surface area contributed by atoms with Gasteiger partial charge in [0.1, 0.15) is 6.61 Å². The van der Waals surface area contributed by atoms with E-state index in [9.17, 15) is 9.59 Å². The number of esters is 1. The third kappa shape index (κ3) is 12.6. The summed E-state index contributed by atoms with van der Waals surface area (Å²) in [4.78, 5) is 22.6. The fraction of sp³-hybridized carbons (Fsp3) is 0.500. The second-order valence-corrected chi connectivity index (χ2v) is 4.57. The zero-order valence-electron chi connectivity index (χ0n) is 12.1. The predicted octanol–water partition coefficient (Wildman–Crippen LogP) is 3.76. The van der Waals surface area contributed by atoms with Crippen LogP contribution in [0.2, 0.25) is 0 Å². The zero-order chi connectivity index (χ0) is 14.5. The quantitative estimate of drug-likeness (QED) is 0.276. The molecule has 0 bridgehead atoms. The summed E-state index contributed by atoms with van der Waals surface area (Å²) in [5.74, 6) is -0.462. The zero-order valence-corrected chi connectivity index (χ0v) is 12.1. The third-order valence-electron chi connectivity index (χ3n) is 2.30. The van der Waals surface area contributed by atoms with Crippen molar-refractivity contribution in [2.45, 2.75) is 46.5 Å². The van der Waals surface area contributed by atoms with Crippen molar-refractivity contribution in [2.24, 2.45) is 0 Å². The Kier molecular flexibility index (Phi) is 10.5. The fourth-order valence-electron chi connectivity index (χ4n) is 1.37. The predicted molar refractivity (Wildman–Crippen MR) is 77.8 cm³/mol. The highest BCUT2D eigenvalue weighted by molar-refractivity contribution is 5.86. The summed E-state index contributed by atoms with van der Waals surface area (Å²) in [5, 5.41) is 0. The van der Waals surface area contributed by atoms with Gasteiger partial charge in [-0.2, -0.15) is 0 Å². The molecule has 0 aliphatic rings. The van der Waals surface area contributed by atoms with E-state index in [4.69, 9.17) is 4.74 Å². The van der Waals surface area contributed by atoms with Crippen molar-refractivity contribution in [1.82, 2.24) is 0 Å². The van der Waals surface area contributed by atoms with Gasteiger partial charge in [-0.3, -0.25) is 4.79 Å². The van der Waals surface area contributed by atoms with Crippen LogP contribution < -0.4 is 0 Å². The second-order valence-electron chi connectivity index (χ2n) is 4.57. The first-order valence-corrected chi connectivity index (χ1v) is 6.67. The Labute approximate surface area is 116 Å². The molecule has 0 heterocycles. The summed E-state index contributed by atoms with van der Waals surface area (Å²) in [7, 11) is 0. The Bertz CT molecular complexity index is 358. The van der Waals surface area contributed by atoms with E-state index in [1.807, 2.05) is 39.0 Å². The average Bonchev–Trinajstić information content (AvgIpc) is 2.34. The minimum Gasteiger partial charge on any atom is -0.455 e. The normalized spacial score (nSPS) is 10.9. The molecule has 0 unspecified atom stereocenters. The van der Waals surface area contributed by atoms with Crippen LogP contribution >= 0.6 is 0 Å². The summed E-state index contributed by atoms with van der Waals surface area (Å²) in [6, 6.07) is 0. The molecule has 3 heteroatoms. The molecule has 0 radical (unpaired) electrons. The number of allylic oxidation sites excluding steroid dienone is 5. The summed E-state index contributed by atoms with van der Waals surface area (Å²) < 4.78 is 4.84. The van der Waals surface area contributed by atoms with Crippen LogP contribution in [-0.4, -0.2) is 18.4 Å². The number of ether oxygens (including phenoxy) is 1. The van der Waals surface area contributed by atoms with Gasteiger partial charge in [0.05, 0.1) is 0 Å². The maximum Gasteiger partial charge on any atom is 0.331 e. The molecule has 0 aliphatic heterocycles. The van der Waals surface area contributed by atoms with Gasteiger partial charge in [0.2, 0.25) is 0 Å². The van der Waals surface area contributed by atoms with E-state index in [0.717, 1.165) is 24.8 Å². The Hall–Kier alpha value is -1.64. The molecule has 0 spiro atoms. The number of ketones is 1. The van der Waals surface area contributed by atoms with Gasteiger partial charge in [0, 0.05) is 12.5 Å². The highest BCUT2D eigenvalue weighted by Gasteiger charge is 2.05. The van der Waals surface area contributed by atoms with Gasteiger partial charge in [0.25, 0.3) is 0 Å². The first kappa shape index (κ1) is 17.4. The number of hydrogen-bond acceptors (Lipinski definition) is 3. The number of carbonyl (C=O) groups excluding carboxylic acids is 2. The van der Waals surface area contributed by atoms with Gasteiger partial charge < -0.3 is 4.74 Å². The standard InChI is InChI=1S/C16H24O3/c1-4-5-6-7-8-9-10-11-15(17)13-19-16(18)12-14(2)3/h4-7,12H,8-11,13H2,1-3H3/b5-4+,7-6-. The van der Waals surface area contributed by atoms with E-state index in [1.54, 1.807) is 0 Å². The van der Waals surface area contributed by atoms with Crippen LogP contribution in [0.25, 0.3) is 0 Å². The molecular formula is C16H24O3. The lowest BCUT2D eigenvalue weighted by Gasteiger charge is -2.01. The molecule has 0 fully saturated rings. The van der Waals surface area contributed by atoms with Crippen LogP contribution in [0.15, 0.2) is 36.0 Å². The monoisotopic (exact) mass is 264 g/mol. The molecule has 0 aliphatic carbocycles. The molecule has 0 amide bonds. The summed E-state index contributed by atoms with van der Waals surface area (Å²) >= 11 is 0. The number of hydrogen-bond donors (Lipinski definition) is 0. The topological polar surface area (TPSA) is 43.4 Å². The lowest BCUT2D eigenvalue weighted by atomic mass is 10.1. The maximum absolute atomic E-state index is 11.4. The minimum absolute atomic E-state index is 0.0204. The first-order chi connectivity index (χ1) is 9.06. The fourth-order valence-corrected chi connectivity index (χ4v) is 1.37. The Morgan fingerprint density at radius 3 is 2.47 bits per heavy atom. The van der Waals surface area contributed by atoms with Gasteiger partial charge in [-0.05, 0) is 40.0 Å². The summed E-state index contributed by atoms with van der Waals surface area (Å²) in [6.45, 7) is 5.48. The van der Waals surface area contributed by atoms with E-state index >= 15 is 0 Å². The molecule has 0 aromatic carbocycles. The van der Waals surface area contributed by atoms with Crippen LogP contribution in [-0.2, 0) is 14.3 Å². The van der Waals surface area contributed by atoms with Crippen LogP contribution in [0, 0.1) is 0 Å². The van der Waals surface area contributed by atoms with Gasteiger partial charge >= 0.3 is 5.97 Å². The van der Waals surface area contributed by atoms with Gasteiger partial charge in [-0.1, -0.05) is 29.9 Å². The maximum atomic E-state index is 11.4. The van der Waals surface area contributed by atoms with Crippen LogP contribution in [0.5, 0.6) is 0 Å². The van der Waals surface area contributed by atoms with Crippen molar-refractivity contribution in [3.8, 4) is 0 Å². The lowest BCUT2D eigenvalue weighted by Crippen LogP contribution is -2.12. The lowest BCUT2D eigenvalue weighted by molar-refractivity contribution is -0.143. The van der Waals surface area contributed by atoms with E-state index in [-0.39, 0.29) is 12.4 Å². The van der Waals surface area contributed by atoms with E-state index in [1.165, 1.54) is 6.08 Å². The number of Topliss-reactive ketones (excluding diaryl/α,β-unsaturated/α-hetero) is 1. The molecule has 0 saturated heterocycles. The van der Waals surface area contributed by atoms with E-state index in [2.05, 4.69) is 6.08 Å². The van der Waals surface area contributed by atoms with Crippen molar-refractivity contribution in [3.63, 3.8) is 0 Å². The smallest absolute Gasteiger partial charge is 0.331 e. The van der Waals surface area contributed by atoms with E-state index < -0.39 is 5.97 Å². The van der Waals surface area contributed by atoms with Crippen LogP contribution in [0.3, 0.4) is 0 Å². The number of rotatable bonds is 9. The first-order valence-electron chi connectivity index (χ1n) is 6.67. The van der Waals surface area contributed by atoms with Gasteiger partial charge in [-0.25, -0.2) is 4.79 Å². The molecular weight excluding hydrogens is 240 g/mol. The highest BCUT2D eigenvalue weighted by atomic mass is 16.5. The average molecular weight is 264 g/mol. The molecule has 0 atom stereocenters. The largest absolute Gasteiger partial charge is 0.455 e. The summed E-state index contributed by atoms with van der Waals surface area (Å²) in [5.41, 5.74) is 0.866. The number of carbonyl (C=O) groups is 2. The third-order valence-corrected chi connectivity index (χ3v) is 2.30. The van der Waals surface area contributed by atoms with Gasteiger partial charge in [0.15, 0.2) is 5.78 Å². The molecule has 3 nitrogen and oxygen atoms in total. The van der Waals surface area contributed by atoms with Crippen LogP contribution in [0.4, 0.5) is 0 Å². The van der Waals surface area contributed by atoms with Crippen molar-refractivity contribution < 1.29 is 14.3 Å². The van der Waals surface area contributed by atoms with E-state index in [0.29, 0.717) is 6.42 Å². The van der Waals surface area contributed by atoms with Crippen molar-refractivity contribution >= 4 is 11.8 Å². The molecule has 19 heavy (non-hydrogen) atoms. The Balaban J connectivity index is 3.60. The van der Waals surface area contributed by atoms with Gasteiger partial charge in [-0.15, -0.1) is 0 Å². The molecule has 0 rings (SSSR count). The molecule has 0 saturated carbocycles. The highest BCUT2D eigenvalue weighted by Crippen LogP contribution is 2.02. The molecule has 0 aromatic rings. The molecule has 0 N–H and O–H groups in total. The summed E-state index contributed by atoms with van der Waals surface area (Å²) in [6.07, 6.45) is 12.7. The minimum atomic E-state index is -0.442. The molecule has 0 aromatic heterocycles. The number of unbranched alkanes of at least 4 members (excludes halogenated alkanes) is 2.